The molecule has 1 aliphatic carbocycles. The van der Waals surface area contributed by atoms with Crippen LogP contribution in [-0.2, 0) is 4.79 Å². The molecule has 3 amide bonds. The predicted octanol–water partition coefficient (Wildman–Crippen LogP) is 5.31. The minimum Gasteiger partial charge on any atom is -0.490 e. The first-order chi connectivity index (χ1) is 18.6. The molecule has 0 spiro atoms. The molecule has 8 heteroatoms. The number of allylic oxidation sites excluding steroid dienone is 2. The third-order valence-corrected chi connectivity index (χ3v) is 7.50. The Morgan fingerprint density at radius 3 is 2.34 bits per heavy atom. The van der Waals surface area contributed by atoms with Gasteiger partial charge in [0, 0.05) is 30.3 Å². The summed E-state index contributed by atoms with van der Waals surface area (Å²) in [5.74, 6) is 1.40. The fourth-order valence-electron chi connectivity index (χ4n) is 5.58. The van der Waals surface area contributed by atoms with Crippen molar-refractivity contribution in [2.45, 2.75) is 45.6 Å². The maximum absolute atomic E-state index is 13.6. The number of nitrogens with zero attached hydrogens (tertiary/aromatic N) is 3. The number of nitrogens with one attached hydrogen (secondary N) is 1. The summed E-state index contributed by atoms with van der Waals surface area (Å²) in [7, 11) is 0. The summed E-state index contributed by atoms with van der Waals surface area (Å²) in [6.45, 7) is 6.14. The number of hydrogen-bond acceptors (Lipinski definition) is 5. The summed E-state index contributed by atoms with van der Waals surface area (Å²) in [5.41, 5.74) is 2.66. The molecule has 0 bridgehead atoms. The van der Waals surface area contributed by atoms with Gasteiger partial charge in [0.2, 0.25) is 5.91 Å². The van der Waals surface area contributed by atoms with Crippen LogP contribution in [0.4, 0.5) is 10.5 Å². The van der Waals surface area contributed by atoms with E-state index in [9.17, 15) is 9.59 Å². The van der Waals surface area contributed by atoms with Crippen LogP contribution in [0.2, 0.25) is 0 Å². The van der Waals surface area contributed by atoms with Crippen LogP contribution < -0.4 is 14.8 Å². The SMILES string of the molecule is CCOc1ccc(C2=NN(C3CCN(C(=O)Nc4ccccc4)CC3)C(=O)[C@@H]3CC=CC[C@H]23)cc1OCC. The van der Waals surface area contributed by atoms with E-state index < -0.39 is 0 Å². The van der Waals surface area contributed by atoms with Crippen molar-refractivity contribution < 1.29 is 19.1 Å². The fourth-order valence-corrected chi connectivity index (χ4v) is 5.58. The molecule has 2 aromatic carbocycles. The highest BCUT2D eigenvalue weighted by Gasteiger charge is 2.43. The van der Waals surface area contributed by atoms with Crippen molar-refractivity contribution in [3.8, 4) is 11.5 Å². The van der Waals surface area contributed by atoms with E-state index in [1.165, 1.54) is 0 Å². The Balaban J connectivity index is 1.36. The molecule has 2 atom stereocenters. The van der Waals surface area contributed by atoms with Gasteiger partial charge in [0.05, 0.1) is 30.9 Å². The lowest BCUT2D eigenvalue weighted by Gasteiger charge is -2.42. The van der Waals surface area contributed by atoms with Gasteiger partial charge in [0.1, 0.15) is 0 Å². The third kappa shape index (κ3) is 5.39. The van der Waals surface area contributed by atoms with E-state index in [1.807, 2.05) is 67.3 Å². The van der Waals surface area contributed by atoms with Crippen LogP contribution in [0, 0.1) is 11.8 Å². The van der Waals surface area contributed by atoms with Gasteiger partial charge in [0.25, 0.3) is 0 Å². The maximum Gasteiger partial charge on any atom is 0.321 e. The first kappa shape index (κ1) is 25.8. The van der Waals surface area contributed by atoms with Crippen molar-refractivity contribution in [1.29, 1.82) is 0 Å². The first-order valence-electron chi connectivity index (χ1n) is 13.7. The van der Waals surface area contributed by atoms with E-state index in [2.05, 4.69) is 17.5 Å². The maximum atomic E-state index is 13.6. The second-order valence-electron chi connectivity index (χ2n) is 9.87. The van der Waals surface area contributed by atoms with Crippen LogP contribution in [0.15, 0.2) is 65.8 Å². The van der Waals surface area contributed by atoms with E-state index in [-0.39, 0.29) is 29.8 Å². The number of carbonyl (C=O) groups excluding carboxylic acids is 2. The number of urea groups is 1. The highest BCUT2D eigenvalue weighted by Crippen LogP contribution is 2.38. The number of anilines is 1. The summed E-state index contributed by atoms with van der Waals surface area (Å²) >= 11 is 0. The zero-order valence-electron chi connectivity index (χ0n) is 22.1. The van der Waals surface area contributed by atoms with Crippen LogP contribution in [-0.4, -0.2) is 59.9 Å². The third-order valence-electron chi connectivity index (χ3n) is 7.50. The van der Waals surface area contributed by atoms with Gasteiger partial charge in [0.15, 0.2) is 11.5 Å². The summed E-state index contributed by atoms with van der Waals surface area (Å²) < 4.78 is 11.6. The fraction of sp³-hybridized carbons (Fsp3) is 0.433. The van der Waals surface area contributed by atoms with Crippen LogP contribution in [0.25, 0.3) is 0 Å². The lowest BCUT2D eigenvalue weighted by atomic mass is 9.76. The van der Waals surface area contributed by atoms with E-state index >= 15 is 0 Å². The minimum absolute atomic E-state index is 0.0351. The number of para-hydroxylation sites is 1. The molecule has 2 aromatic rings. The summed E-state index contributed by atoms with van der Waals surface area (Å²) in [6.07, 6.45) is 7.14. The second kappa shape index (κ2) is 11.7. The molecule has 8 nitrogen and oxygen atoms in total. The number of amides is 3. The van der Waals surface area contributed by atoms with Crippen LogP contribution >= 0.6 is 0 Å². The highest BCUT2D eigenvalue weighted by atomic mass is 16.5. The van der Waals surface area contributed by atoms with Gasteiger partial charge < -0.3 is 19.7 Å². The van der Waals surface area contributed by atoms with Gasteiger partial charge in [-0.25, -0.2) is 9.80 Å². The van der Waals surface area contributed by atoms with Gasteiger partial charge >= 0.3 is 6.03 Å². The molecule has 2 aliphatic heterocycles. The van der Waals surface area contributed by atoms with E-state index in [0.29, 0.717) is 57.1 Å². The van der Waals surface area contributed by atoms with Gasteiger partial charge in [-0.05, 0) is 69.9 Å². The summed E-state index contributed by atoms with van der Waals surface area (Å²) in [5, 5.41) is 9.69. The molecule has 1 N–H and O–H groups in total. The Morgan fingerprint density at radius 1 is 0.947 bits per heavy atom. The highest BCUT2D eigenvalue weighted by molar-refractivity contribution is 6.07. The minimum atomic E-state index is -0.131. The molecule has 0 unspecified atom stereocenters. The molecule has 1 fully saturated rings. The monoisotopic (exact) mass is 516 g/mol. The number of rotatable bonds is 7. The molecular formula is C30H36N4O4. The molecule has 38 heavy (non-hydrogen) atoms. The Morgan fingerprint density at radius 2 is 1.63 bits per heavy atom. The number of likely N-dealkylation sites (tertiary alicyclic amines) is 1. The van der Waals surface area contributed by atoms with Crippen molar-refractivity contribution >= 4 is 23.3 Å². The quantitative estimate of drug-likeness (QED) is 0.506. The van der Waals surface area contributed by atoms with Gasteiger partial charge in [-0.1, -0.05) is 30.4 Å². The first-order valence-corrected chi connectivity index (χ1v) is 13.7. The van der Waals surface area contributed by atoms with Crippen molar-refractivity contribution in [2.75, 3.05) is 31.6 Å². The average Bonchev–Trinajstić information content (AvgIpc) is 2.95. The number of carbonyl (C=O) groups is 2. The molecule has 200 valence electrons. The van der Waals surface area contributed by atoms with E-state index in [4.69, 9.17) is 14.6 Å². The van der Waals surface area contributed by atoms with Crippen molar-refractivity contribution in [3.05, 3.63) is 66.2 Å². The van der Waals surface area contributed by atoms with Gasteiger partial charge in [-0.3, -0.25) is 4.79 Å². The number of fused-ring (bicyclic) bond motifs is 1. The van der Waals surface area contributed by atoms with Crippen molar-refractivity contribution in [3.63, 3.8) is 0 Å². The molecule has 0 saturated carbocycles. The Kier molecular flexibility index (Phi) is 7.96. The molecule has 3 aliphatic rings. The number of hydrogen-bond donors (Lipinski definition) is 1. The largest absolute Gasteiger partial charge is 0.490 e. The lowest BCUT2D eigenvalue weighted by molar-refractivity contribution is -0.141. The molecule has 2 heterocycles. The smallest absolute Gasteiger partial charge is 0.321 e. The number of ether oxygens (including phenoxy) is 2. The van der Waals surface area contributed by atoms with Crippen molar-refractivity contribution in [2.24, 2.45) is 16.9 Å². The zero-order valence-corrected chi connectivity index (χ0v) is 22.1. The lowest BCUT2D eigenvalue weighted by Crippen LogP contribution is -2.53. The molecule has 1 saturated heterocycles. The van der Waals surface area contributed by atoms with E-state index in [0.717, 1.165) is 23.4 Å². The number of benzene rings is 2. The Bertz CT molecular complexity index is 1200. The van der Waals surface area contributed by atoms with Crippen LogP contribution in [0.5, 0.6) is 11.5 Å². The number of hydrazone groups is 1. The zero-order chi connectivity index (χ0) is 26.5. The van der Waals surface area contributed by atoms with Crippen LogP contribution in [0.3, 0.4) is 0 Å². The molecule has 0 aromatic heterocycles. The number of piperidine rings is 1. The topological polar surface area (TPSA) is 83.5 Å². The summed E-state index contributed by atoms with van der Waals surface area (Å²) in [6, 6.07) is 15.3. The Labute approximate surface area is 224 Å². The predicted molar refractivity (Wildman–Crippen MR) is 148 cm³/mol. The van der Waals surface area contributed by atoms with Crippen molar-refractivity contribution in [1.82, 2.24) is 9.91 Å². The molecule has 5 rings (SSSR count). The van der Waals surface area contributed by atoms with Gasteiger partial charge in [-0.2, -0.15) is 5.10 Å². The Hall–Kier alpha value is -3.81. The van der Waals surface area contributed by atoms with E-state index in [1.54, 1.807) is 5.01 Å². The standard InChI is InChI=1S/C30H36N4O4/c1-3-37-26-15-14-21(20-27(26)38-4-2)28-24-12-8-9-13-25(24)29(35)34(32-28)23-16-18-33(19-17-23)30(36)31-22-10-6-5-7-11-22/h5-11,14-15,20,23-25H,3-4,12-13,16-19H2,1-2H3,(H,31,36)/t24-,25+/m0/s1. The van der Waals surface area contributed by atoms with Crippen LogP contribution in [0.1, 0.15) is 45.1 Å². The molecule has 0 radical (unpaired) electrons. The molecular weight excluding hydrogens is 480 g/mol. The average molecular weight is 517 g/mol. The summed E-state index contributed by atoms with van der Waals surface area (Å²) in [4.78, 5) is 28.2. The normalized spacial score (nSPS) is 21.5. The van der Waals surface area contributed by atoms with Gasteiger partial charge in [-0.15, -0.1) is 0 Å². The second-order valence-corrected chi connectivity index (χ2v) is 9.87.